The molecule has 0 aromatic heterocycles. The minimum absolute atomic E-state index is 0.0933. The molecule has 0 radical (unpaired) electrons. The van der Waals surface area contributed by atoms with E-state index in [2.05, 4.69) is 21.2 Å². The molecule has 3 rings (SSSR count). The SMILES string of the molecule is CCOc1cc([C@@H]2NC(=O)NC(C)=C2C(=O)OC)ccc1OC[C@H](O)N/N=C\c1cc(Cl)c(OCC(=O)O)c(OCC)c1. The fourth-order valence-corrected chi connectivity index (χ4v) is 4.29. The number of rotatable bonds is 15. The number of aliphatic carboxylic acids is 1. The van der Waals surface area contributed by atoms with Crippen LogP contribution in [-0.2, 0) is 14.3 Å². The topological polar surface area (TPSA) is 186 Å². The van der Waals surface area contributed by atoms with Crippen molar-refractivity contribution in [1.29, 1.82) is 0 Å². The van der Waals surface area contributed by atoms with E-state index in [4.69, 9.17) is 40.4 Å². The predicted octanol–water partition coefficient (Wildman–Crippen LogP) is 2.72. The summed E-state index contributed by atoms with van der Waals surface area (Å²) in [5, 5.41) is 28.7. The lowest BCUT2D eigenvalue weighted by molar-refractivity contribution is -0.139. The van der Waals surface area contributed by atoms with Gasteiger partial charge in [0.1, 0.15) is 6.61 Å². The number of esters is 1. The Balaban J connectivity index is 1.69. The number of carbonyl (C=O) groups excluding carboxylic acids is 2. The summed E-state index contributed by atoms with van der Waals surface area (Å²) in [4.78, 5) is 35.4. The minimum atomic E-state index is -1.23. The number of aliphatic hydroxyl groups is 1. The standard InChI is InChI=1S/C28H33ClN4O10/c1-5-40-20-11-17(25-24(27(37)39-4)15(3)31-28(38)32-25)7-8-19(20)42-13-22(34)33-30-12-16-9-18(29)26(43-14-23(35)36)21(10-16)41-6-2/h7-12,22,25,33-34H,5-6,13-14H2,1-4H3,(H,35,36)(H2,31,32,38)/b30-12-/t22-,25-/m0/s1. The summed E-state index contributed by atoms with van der Waals surface area (Å²) in [5.74, 6) is -0.793. The Labute approximate surface area is 252 Å². The molecule has 15 heteroatoms. The summed E-state index contributed by atoms with van der Waals surface area (Å²) in [6.07, 6.45) is 0.145. The number of aliphatic hydroxyl groups excluding tert-OH is 1. The van der Waals surface area contributed by atoms with Crippen LogP contribution in [0.1, 0.15) is 37.9 Å². The molecule has 5 N–H and O–H groups in total. The van der Waals surface area contributed by atoms with Gasteiger partial charge in [-0.2, -0.15) is 5.10 Å². The zero-order chi connectivity index (χ0) is 31.5. The van der Waals surface area contributed by atoms with Crippen molar-refractivity contribution in [1.82, 2.24) is 16.1 Å². The molecule has 0 unspecified atom stereocenters. The highest BCUT2D eigenvalue weighted by Crippen LogP contribution is 2.37. The zero-order valence-corrected chi connectivity index (χ0v) is 24.7. The second-order valence-corrected chi connectivity index (χ2v) is 9.27. The molecule has 43 heavy (non-hydrogen) atoms. The number of nitrogens with one attached hydrogen (secondary N) is 3. The first kappa shape index (κ1) is 32.8. The van der Waals surface area contributed by atoms with E-state index in [-0.39, 0.29) is 35.3 Å². The van der Waals surface area contributed by atoms with Gasteiger partial charge in [0, 0.05) is 5.70 Å². The van der Waals surface area contributed by atoms with Crippen LogP contribution in [0.3, 0.4) is 0 Å². The highest BCUT2D eigenvalue weighted by atomic mass is 35.5. The predicted molar refractivity (Wildman–Crippen MR) is 155 cm³/mol. The van der Waals surface area contributed by atoms with Gasteiger partial charge in [0.05, 0.1) is 43.2 Å². The van der Waals surface area contributed by atoms with Crippen molar-refractivity contribution in [2.24, 2.45) is 5.10 Å². The molecular weight excluding hydrogens is 588 g/mol. The molecule has 14 nitrogen and oxygen atoms in total. The first-order valence-electron chi connectivity index (χ1n) is 13.1. The van der Waals surface area contributed by atoms with E-state index in [1.54, 1.807) is 45.0 Å². The van der Waals surface area contributed by atoms with Gasteiger partial charge in [0.15, 0.2) is 35.8 Å². The smallest absolute Gasteiger partial charge is 0.341 e. The third-order valence-corrected chi connectivity index (χ3v) is 6.06. The number of urea groups is 1. The molecule has 0 spiro atoms. The van der Waals surface area contributed by atoms with Crippen LogP contribution in [0.2, 0.25) is 5.02 Å². The fraction of sp³-hybridized carbons (Fsp3) is 0.357. The van der Waals surface area contributed by atoms with Crippen LogP contribution in [0, 0.1) is 0 Å². The van der Waals surface area contributed by atoms with Crippen molar-refractivity contribution in [3.63, 3.8) is 0 Å². The monoisotopic (exact) mass is 620 g/mol. The first-order valence-corrected chi connectivity index (χ1v) is 13.5. The van der Waals surface area contributed by atoms with E-state index in [0.29, 0.717) is 34.9 Å². The maximum Gasteiger partial charge on any atom is 0.341 e. The molecular formula is C28H33ClN4O10. The van der Waals surface area contributed by atoms with Crippen LogP contribution in [-0.4, -0.2) is 74.2 Å². The van der Waals surface area contributed by atoms with E-state index in [1.165, 1.54) is 19.4 Å². The number of benzene rings is 2. The van der Waals surface area contributed by atoms with Gasteiger partial charge in [-0.25, -0.2) is 14.4 Å². The quantitative estimate of drug-likeness (QED) is 0.0853. The Bertz CT molecular complexity index is 1400. The summed E-state index contributed by atoms with van der Waals surface area (Å²) >= 11 is 6.25. The number of carboxylic acids is 1. The second-order valence-electron chi connectivity index (χ2n) is 8.86. The lowest BCUT2D eigenvalue weighted by Crippen LogP contribution is -2.45. The maximum atomic E-state index is 12.4. The number of carboxylic acid groups (broad SMARTS) is 1. The van der Waals surface area contributed by atoms with Gasteiger partial charge in [-0.15, -0.1) is 0 Å². The van der Waals surface area contributed by atoms with Crippen molar-refractivity contribution in [3.05, 3.63) is 57.8 Å². The molecule has 0 saturated carbocycles. The van der Waals surface area contributed by atoms with Crippen LogP contribution >= 0.6 is 11.6 Å². The Hall–Kier alpha value is -4.69. The third kappa shape index (κ3) is 8.90. The number of hydrogen-bond donors (Lipinski definition) is 5. The van der Waals surface area contributed by atoms with Crippen LogP contribution in [0.5, 0.6) is 23.0 Å². The number of amides is 2. The molecule has 0 bridgehead atoms. The number of ether oxygens (including phenoxy) is 5. The van der Waals surface area contributed by atoms with Gasteiger partial charge in [-0.3, -0.25) is 5.43 Å². The fourth-order valence-electron chi connectivity index (χ4n) is 4.02. The van der Waals surface area contributed by atoms with E-state index in [9.17, 15) is 19.5 Å². The zero-order valence-electron chi connectivity index (χ0n) is 23.9. The largest absolute Gasteiger partial charge is 0.490 e. The summed E-state index contributed by atoms with van der Waals surface area (Å²) in [6, 6.07) is 6.69. The summed E-state index contributed by atoms with van der Waals surface area (Å²) < 4.78 is 27.1. The number of methoxy groups -OCH3 is 1. The van der Waals surface area contributed by atoms with Crippen molar-refractivity contribution >= 4 is 35.8 Å². The van der Waals surface area contributed by atoms with E-state index in [0.717, 1.165) is 0 Å². The molecule has 1 heterocycles. The van der Waals surface area contributed by atoms with Gasteiger partial charge in [0.2, 0.25) is 0 Å². The van der Waals surface area contributed by atoms with Gasteiger partial charge in [0.25, 0.3) is 0 Å². The number of hydrogen-bond acceptors (Lipinski definition) is 11. The number of hydrazone groups is 1. The van der Waals surface area contributed by atoms with Crippen LogP contribution in [0.25, 0.3) is 0 Å². The Morgan fingerprint density at radius 1 is 1.09 bits per heavy atom. The molecule has 232 valence electrons. The third-order valence-electron chi connectivity index (χ3n) is 5.78. The van der Waals surface area contributed by atoms with Gasteiger partial charge < -0.3 is 44.5 Å². The number of allylic oxidation sites excluding steroid dienone is 1. The molecule has 2 amide bonds. The summed E-state index contributed by atoms with van der Waals surface area (Å²) in [6.45, 7) is 4.92. The van der Waals surface area contributed by atoms with E-state index >= 15 is 0 Å². The van der Waals surface area contributed by atoms with Crippen LogP contribution in [0.4, 0.5) is 4.79 Å². The van der Waals surface area contributed by atoms with Gasteiger partial charge in [-0.1, -0.05) is 17.7 Å². The van der Waals surface area contributed by atoms with Gasteiger partial charge in [-0.05, 0) is 56.2 Å². The molecule has 0 saturated heterocycles. The van der Waals surface area contributed by atoms with Crippen molar-refractivity contribution in [2.75, 3.05) is 33.5 Å². The molecule has 0 fully saturated rings. The van der Waals surface area contributed by atoms with Gasteiger partial charge >= 0.3 is 18.0 Å². The van der Waals surface area contributed by atoms with E-state index in [1.807, 2.05) is 0 Å². The molecule has 0 aliphatic carbocycles. The Kier molecular flexibility index (Phi) is 11.8. The lowest BCUT2D eigenvalue weighted by Gasteiger charge is -2.28. The molecule has 2 atom stereocenters. The van der Waals surface area contributed by atoms with Crippen molar-refractivity contribution in [2.45, 2.75) is 33.0 Å². The second kappa shape index (κ2) is 15.5. The molecule has 2 aromatic rings. The van der Waals surface area contributed by atoms with Crippen molar-refractivity contribution < 1.29 is 48.3 Å². The summed E-state index contributed by atoms with van der Waals surface area (Å²) in [7, 11) is 1.25. The molecule has 1 aliphatic heterocycles. The van der Waals surface area contributed by atoms with Crippen molar-refractivity contribution in [3.8, 4) is 23.0 Å². The lowest BCUT2D eigenvalue weighted by atomic mass is 9.95. The minimum Gasteiger partial charge on any atom is -0.490 e. The average Bonchev–Trinajstić information content (AvgIpc) is 2.95. The Morgan fingerprint density at radius 2 is 1.81 bits per heavy atom. The molecule has 2 aromatic carbocycles. The number of halogens is 1. The summed E-state index contributed by atoms with van der Waals surface area (Å²) in [5.41, 5.74) is 4.19. The normalized spacial score (nSPS) is 15.3. The first-order chi connectivity index (χ1) is 20.6. The van der Waals surface area contributed by atoms with Crippen LogP contribution in [0.15, 0.2) is 46.7 Å². The number of carbonyl (C=O) groups is 3. The highest BCUT2D eigenvalue weighted by Gasteiger charge is 2.32. The average molecular weight is 621 g/mol. The molecule has 1 aliphatic rings. The number of nitrogens with zero attached hydrogens (tertiary/aromatic N) is 1. The van der Waals surface area contributed by atoms with E-state index < -0.39 is 36.8 Å². The highest BCUT2D eigenvalue weighted by molar-refractivity contribution is 6.32. The van der Waals surface area contributed by atoms with Crippen LogP contribution < -0.4 is 35.0 Å². The maximum absolute atomic E-state index is 12.4. The Morgan fingerprint density at radius 3 is 2.49 bits per heavy atom.